The lowest BCUT2D eigenvalue weighted by Gasteiger charge is -2.00. The van der Waals surface area contributed by atoms with Gasteiger partial charge in [0.25, 0.3) is 0 Å². The number of hydrogen-bond acceptors (Lipinski definition) is 4. The van der Waals surface area contributed by atoms with Gasteiger partial charge in [-0.15, -0.1) is 0 Å². The van der Waals surface area contributed by atoms with E-state index in [9.17, 15) is 9.59 Å². The predicted molar refractivity (Wildman–Crippen MR) is 72.4 cm³/mol. The van der Waals surface area contributed by atoms with Crippen molar-refractivity contribution in [3.05, 3.63) is 35.9 Å². The molecule has 0 N–H and O–H groups in total. The topological polar surface area (TPSA) is 77.3 Å². The van der Waals surface area contributed by atoms with Crippen LogP contribution in [-0.4, -0.2) is 18.8 Å². The Morgan fingerprint density at radius 3 is 2.30 bits per heavy atom. The summed E-state index contributed by atoms with van der Waals surface area (Å²) in [4.78, 5) is 22.3. The van der Waals surface area contributed by atoms with Crippen LogP contribution in [0.5, 0.6) is 0 Å². The van der Waals surface area contributed by atoms with Gasteiger partial charge in [-0.3, -0.25) is 0 Å². The zero-order valence-corrected chi connectivity index (χ0v) is 11.4. The van der Waals surface area contributed by atoms with E-state index in [2.05, 4.69) is 10.2 Å². The van der Waals surface area contributed by atoms with Crippen LogP contribution in [0.25, 0.3) is 0 Å². The summed E-state index contributed by atoms with van der Waals surface area (Å²) in [6.45, 7) is 2.42. The van der Waals surface area contributed by atoms with Crippen molar-refractivity contribution in [2.24, 2.45) is 10.2 Å². The second kappa shape index (κ2) is 9.66. The maximum absolute atomic E-state index is 11.2. The number of hydrogen-bond donors (Lipinski definition) is 0. The molecule has 0 aromatic heterocycles. The number of carbonyl (C=O) groups excluding carboxylic acids is 2. The summed E-state index contributed by atoms with van der Waals surface area (Å²) in [5.74, 6) is 0. The van der Waals surface area contributed by atoms with Crippen molar-refractivity contribution in [3.8, 4) is 0 Å². The third-order valence-electron chi connectivity index (χ3n) is 2.39. The van der Waals surface area contributed by atoms with Crippen LogP contribution >= 0.6 is 0 Å². The first kappa shape index (κ1) is 15.8. The van der Waals surface area contributed by atoms with Crippen molar-refractivity contribution in [1.82, 2.24) is 0 Å². The number of benzene rings is 1. The molecule has 0 aliphatic rings. The van der Waals surface area contributed by atoms with Gasteiger partial charge in [-0.05, 0) is 12.0 Å². The highest BCUT2D eigenvalue weighted by molar-refractivity contribution is 5.73. The first-order chi connectivity index (χ1) is 9.72. The molecule has 6 heteroatoms. The van der Waals surface area contributed by atoms with E-state index in [1.165, 1.54) is 0 Å². The first-order valence-corrected chi connectivity index (χ1v) is 6.51. The van der Waals surface area contributed by atoms with Crippen molar-refractivity contribution in [1.29, 1.82) is 0 Å². The lowest BCUT2D eigenvalue weighted by Crippen LogP contribution is -2.03. The molecular formula is C14H18N2O4. The largest absolute Gasteiger partial charge is 0.452 e. The van der Waals surface area contributed by atoms with Crippen LogP contribution in [0.15, 0.2) is 40.6 Å². The van der Waals surface area contributed by atoms with Gasteiger partial charge in [-0.2, -0.15) is 0 Å². The minimum atomic E-state index is -0.917. The van der Waals surface area contributed by atoms with Crippen molar-refractivity contribution < 1.29 is 19.1 Å². The number of carbonyl (C=O) groups is 2. The lowest BCUT2D eigenvalue weighted by atomic mass is 10.2. The Balaban J connectivity index is 2.20. The van der Waals surface area contributed by atoms with E-state index in [-0.39, 0.29) is 13.2 Å². The Kier molecular flexibility index (Phi) is 7.64. The SMILES string of the molecule is CCCCCOC(=O)/N=N/C(=O)OCc1ccccc1. The fraction of sp³-hybridized carbons (Fsp3) is 0.429. The molecule has 0 aliphatic heterocycles. The second-order valence-corrected chi connectivity index (χ2v) is 4.06. The Labute approximate surface area is 117 Å². The number of ether oxygens (including phenoxy) is 2. The molecule has 20 heavy (non-hydrogen) atoms. The van der Waals surface area contributed by atoms with Crippen molar-refractivity contribution in [3.63, 3.8) is 0 Å². The second-order valence-electron chi connectivity index (χ2n) is 4.06. The van der Waals surface area contributed by atoms with Crippen LogP contribution in [0, 0.1) is 0 Å². The maximum Gasteiger partial charge on any atom is 0.452 e. The predicted octanol–water partition coefficient (Wildman–Crippen LogP) is 4.10. The van der Waals surface area contributed by atoms with E-state index in [1.807, 2.05) is 37.3 Å². The summed E-state index contributed by atoms with van der Waals surface area (Å²) in [6.07, 6.45) is 0.988. The van der Waals surface area contributed by atoms with E-state index in [0.29, 0.717) is 0 Å². The molecule has 0 aliphatic carbocycles. The number of unbranched alkanes of at least 4 members (excludes halogenated alkanes) is 2. The van der Waals surface area contributed by atoms with Gasteiger partial charge < -0.3 is 9.47 Å². The summed E-state index contributed by atoms with van der Waals surface area (Å²) in [6, 6.07) is 9.15. The van der Waals surface area contributed by atoms with Crippen LogP contribution in [0.1, 0.15) is 31.7 Å². The smallest absolute Gasteiger partial charge is 0.447 e. The molecule has 0 atom stereocenters. The van der Waals surface area contributed by atoms with E-state index in [4.69, 9.17) is 9.47 Å². The van der Waals surface area contributed by atoms with Gasteiger partial charge >= 0.3 is 12.2 Å². The summed E-state index contributed by atoms with van der Waals surface area (Å²) in [5, 5.41) is 6.25. The summed E-state index contributed by atoms with van der Waals surface area (Å²) in [5.41, 5.74) is 0.832. The molecule has 0 bridgehead atoms. The summed E-state index contributed by atoms with van der Waals surface area (Å²) >= 11 is 0. The third kappa shape index (κ3) is 7.25. The van der Waals surface area contributed by atoms with Crippen LogP contribution in [0.2, 0.25) is 0 Å². The highest BCUT2D eigenvalue weighted by atomic mass is 16.6. The molecule has 1 aromatic rings. The molecule has 0 spiro atoms. The van der Waals surface area contributed by atoms with Gasteiger partial charge in [-0.25, -0.2) is 9.59 Å². The van der Waals surface area contributed by atoms with Gasteiger partial charge in [0.05, 0.1) is 6.61 Å². The average molecular weight is 278 g/mol. The number of amides is 2. The Hall–Kier alpha value is -2.24. The Morgan fingerprint density at radius 1 is 1.00 bits per heavy atom. The molecule has 1 rings (SSSR count). The van der Waals surface area contributed by atoms with Crippen molar-refractivity contribution in [2.45, 2.75) is 32.8 Å². The third-order valence-corrected chi connectivity index (χ3v) is 2.39. The van der Waals surface area contributed by atoms with Crippen molar-refractivity contribution >= 4 is 12.2 Å². The number of azo groups is 1. The normalized spacial score (nSPS) is 10.4. The molecule has 6 nitrogen and oxygen atoms in total. The molecule has 0 saturated carbocycles. The van der Waals surface area contributed by atoms with E-state index >= 15 is 0 Å². The maximum atomic E-state index is 11.2. The van der Waals surface area contributed by atoms with Crippen LogP contribution in [0.3, 0.4) is 0 Å². The average Bonchev–Trinajstić information content (AvgIpc) is 2.48. The monoisotopic (exact) mass is 278 g/mol. The van der Waals surface area contributed by atoms with Crippen LogP contribution in [-0.2, 0) is 16.1 Å². The van der Waals surface area contributed by atoms with Gasteiger partial charge in [0, 0.05) is 0 Å². The van der Waals surface area contributed by atoms with Crippen LogP contribution < -0.4 is 0 Å². The quantitative estimate of drug-likeness (QED) is 0.579. The minimum Gasteiger partial charge on any atom is -0.447 e. The van der Waals surface area contributed by atoms with E-state index in [0.717, 1.165) is 24.8 Å². The zero-order valence-electron chi connectivity index (χ0n) is 11.4. The van der Waals surface area contributed by atoms with Gasteiger partial charge in [0.2, 0.25) is 0 Å². The van der Waals surface area contributed by atoms with E-state index < -0.39 is 12.2 Å². The molecule has 0 heterocycles. The molecular weight excluding hydrogens is 260 g/mol. The molecule has 0 fully saturated rings. The first-order valence-electron chi connectivity index (χ1n) is 6.51. The van der Waals surface area contributed by atoms with Crippen molar-refractivity contribution in [2.75, 3.05) is 6.61 Å². The highest BCUT2D eigenvalue weighted by Crippen LogP contribution is 2.02. The molecule has 1 aromatic carbocycles. The van der Waals surface area contributed by atoms with Gasteiger partial charge in [0.15, 0.2) is 0 Å². The fourth-order valence-corrected chi connectivity index (χ4v) is 1.37. The van der Waals surface area contributed by atoms with Crippen LogP contribution in [0.4, 0.5) is 9.59 Å². The zero-order chi connectivity index (χ0) is 14.6. The fourth-order valence-electron chi connectivity index (χ4n) is 1.37. The minimum absolute atomic E-state index is 0.0875. The summed E-state index contributed by atoms with van der Waals surface area (Å²) < 4.78 is 9.56. The Bertz CT molecular complexity index is 446. The van der Waals surface area contributed by atoms with E-state index in [1.54, 1.807) is 0 Å². The lowest BCUT2D eigenvalue weighted by molar-refractivity contribution is 0.141. The van der Waals surface area contributed by atoms with Gasteiger partial charge in [-0.1, -0.05) is 60.3 Å². The molecule has 0 saturated heterocycles. The standard InChI is InChI=1S/C14H18N2O4/c1-2-3-7-10-19-13(17)15-16-14(18)20-11-12-8-5-4-6-9-12/h4-6,8-9H,2-3,7,10-11H2,1H3/b16-15+. The molecule has 108 valence electrons. The Morgan fingerprint density at radius 2 is 1.65 bits per heavy atom. The molecule has 2 amide bonds. The molecule has 0 radical (unpaired) electrons. The number of rotatable bonds is 6. The number of nitrogens with zero attached hydrogens (tertiary/aromatic N) is 2. The van der Waals surface area contributed by atoms with Gasteiger partial charge in [0.1, 0.15) is 6.61 Å². The highest BCUT2D eigenvalue weighted by Gasteiger charge is 2.04. The molecule has 0 unspecified atom stereocenters. The summed E-state index contributed by atoms with van der Waals surface area (Å²) in [7, 11) is 0.